The van der Waals surface area contributed by atoms with E-state index in [2.05, 4.69) is 19.9 Å². The summed E-state index contributed by atoms with van der Waals surface area (Å²) in [6.45, 7) is 4.29. The molecule has 0 unspecified atom stereocenters. The van der Waals surface area contributed by atoms with Gasteiger partial charge in [0.1, 0.15) is 0 Å². The molecule has 1 nitrogen and oxygen atoms in total. The molecule has 0 radical (unpaired) electrons. The maximum Gasteiger partial charge on any atom is 0.150 e. The first-order valence-corrected chi connectivity index (χ1v) is 6.53. The van der Waals surface area contributed by atoms with Gasteiger partial charge < -0.3 is 0 Å². The summed E-state index contributed by atoms with van der Waals surface area (Å²) in [4.78, 5) is 11.4. The minimum Gasteiger partial charge on any atom is -0.298 e. The van der Waals surface area contributed by atoms with Crippen LogP contribution in [0.4, 0.5) is 0 Å². The molecule has 1 heteroatoms. The molecule has 0 spiro atoms. The molecule has 0 saturated carbocycles. The number of benzene rings is 2. The van der Waals surface area contributed by atoms with E-state index in [1.54, 1.807) is 0 Å². The van der Waals surface area contributed by atoms with Crippen LogP contribution in [0, 0.1) is 0 Å². The molecular formula is C18H18O. The number of allylic oxidation sites excluding steroid dienone is 1. The number of carbonyl (C=O) groups excluding carboxylic acids is 1. The standard InChI is InChI=1S/C18H18O/c1-14(2)17-10-6-7-11-18(17)16(13-19)12-15-8-4-3-5-9-15/h3-14H,1-2H3/b16-12-. The van der Waals surface area contributed by atoms with Crippen molar-refractivity contribution in [1.29, 1.82) is 0 Å². The quantitative estimate of drug-likeness (QED) is 0.442. The first kappa shape index (κ1) is 13.3. The third-order valence-electron chi connectivity index (χ3n) is 3.14. The normalized spacial score (nSPS) is 11.6. The fourth-order valence-electron chi connectivity index (χ4n) is 2.17. The van der Waals surface area contributed by atoms with Crippen molar-refractivity contribution >= 4 is 17.9 Å². The summed E-state index contributed by atoms with van der Waals surface area (Å²) in [5.74, 6) is 0.398. The third-order valence-corrected chi connectivity index (χ3v) is 3.14. The summed E-state index contributed by atoms with van der Waals surface area (Å²) < 4.78 is 0. The van der Waals surface area contributed by atoms with Crippen molar-refractivity contribution in [3.63, 3.8) is 0 Å². The summed E-state index contributed by atoms with van der Waals surface area (Å²) in [6.07, 6.45) is 2.88. The highest BCUT2D eigenvalue weighted by Crippen LogP contribution is 2.26. The highest BCUT2D eigenvalue weighted by molar-refractivity contribution is 6.13. The number of carbonyl (C=O) groups is 1. The van der Waals surface area contributed by atoms with Gasteiger partial charge in [-0.1, -0.05) is 68.4 Å². The van der Waals surface area contributed by atoms with Gasteiger partial charge in [0.2, 0.25) is 0 Å². The van der Waals surface area contributed by atoms with E-state index in [9.17, 15) is 4.79 Å². The van der Waals surface area contributed by atoms with E-state index in [1.165, 1.54) is 5.56 Å². The van der Waals surface area contributed by atoms with Crippen molar-refractivity contribution in [2.45, 2.75) is 19.8 Å². The molecule has 0 saturated heterocycles. The molecule has 0 bridgehead atoms. The lowest BCUT2D eigenvalue weighted by Crippen LogP contribution is -1.96. The zero-order valence-corrected chi connectivity index (χ0v) is 11.3. The summed E-state index contributed by atoms with van der Waals surface area (Å²) in [5.41, 5.74) is 4.01. The summed E-state index contributed by atoms with van der Waals surface area (Å²) in [7, 11) is 0. The average molecular weight is 250 g/mol. The van der Waals surface area contributed by atoms with Crippen LogP contribution in [0.5, 0.6) is 0 Å². The molecule has 2 aromatic carbocycles. The van der Waals surface area contributed by atoms with Gasteiger partial charge in [0.25, 0.3) is 0 Å². The third kappa shape index (κ3) is 3.19. The van der Waals surface area contributed by atoms with Crippen LogP contribution in [0.1, 0.15) is 36.5 Å². The average Bonchev–Trinajstić information content (AvgIpc) is 2.46. The Morgan fingerprint density at radius 3 is 2.21 bits per heavy atom. The van der Waals surface area contributed by atoms with Crippen molar-refractivity contribution in [3.8, 4) is 0 Å². The molecule has 0 atom stereocenters. The second-order valence-corrected chi connectivity index (χ2v) is 4.87. The van der Waals surface area contributed by atoms with E-state index in [4.69, 9.17) is 0 Å². The number of hydrogen-bond donors (Lipinski definition) is 0. The Bertz CT molecular complexity index is 580. The second kappa shape index (κ2) is 6.14. The van der Waals surface area contributed by atoms with Crippen LogP contribution in [0.3, 0.4) is 0 Å². The predicted molar refractivity (Wildman–Crippen MR) is 80.9 cm³/mol. The number of hydrogen-bond acceptors (Lipinski definition) is 1. The van der Waals surface area contributed by atoms with E-state index < -0.39 is 0 Å². The van der Waals surface area contributed by atoms with Gasteiger partial charge in [-0.3, -0.25) is 4.79 Å². The Morgan fingerprint density at radius 2 is 1.58 bits per heavy atom. The summed E-state index contributed by atoms with van der Waals surface area (Å²) in [5, 5.41) is 0. The molecule has 0 aliphatic rings. The Hall–Kier alpha value is -2.15. The van der Waals surface area contributed by atoms with Crippen LogP contribution < -0.4 is 0 Å². The zero-order chi connectivity index (χ0) is 13.7. The van der Waals surface area contributed by atoms with E-state index in [-0.39, 0.29) is 0 Å². The molecule has 19 heavy (non-hydrogen) atoms. The molecule has 0 aliphatic heterocycles. The molecule has 0 N–H and O–H groups in total. The van der Waals surface area contributed by atoms with Gasteiger partial charge in [-0.15, -0.1) is 0 Å². The van der Waals surface area contributed by atoms with E-state index >= 15 is 0 Å². The number of rotatable bonds is 4. The lowest BCUT2D eigenvalue weighted by Gasteiger charge is -2.12. The van der Waals surface area contributed by atoms with Crippen LogP contribution >= 0.6 is 0 Å². The van der Waals surface area contributed by atoms with Crippen molar-refractivity contribution in [3.05, 3.63) is 71.3 Å². The minimum absolute atomic E-state index is 0.398. The molecule has 2 rings (SSSR count). The monoisotopic (exact) mass is 250 g/mol. The van der Waals surface area contributed by atoms with Crippen LogP contribution in [0.2, 0.25) is 0 Å². The van der Waals surface area contributed by atoms with E-state index in [0.29, 0.717) is 5.92 Å². The Kier molecular flexibility index (Phi) is 4.30. The minimum atomic E-state index is 0.398. The van der Waals surface area contributed by atoms with Crippen molar-refractivity contribution in [2.24, 2.45) is 0 Å². The van der Waals surface area contributed by atoms with E-state index in [1.807, 2.05) is 54.6 Å². The molecular weight excluding hydrogens is 232 g/mol. The SMILES string of the molecule is CC(C)c1ccccc1/C(C=O)=C\c1ccccc1. The maximum atomic E-state index is 11.4. The van der Waals surface area contributed by atoms with Crippen LogP contribution in [-0.4, -0.2) is 6.29 Å². The molecule has 0 aromatic heterocycles. The smallest absolute Gasteiger partial charge is 0.150 e. The fourth-order valence-corrected chi connectivity index (χ4v) is 2.17. The maximum absolute atomic E-state index is 11.4. The molecule has 0 heterocycles. The second-order valence-electron chi connectivity index (χ2n) is 4.87. The lowest BCUT2D eigenvalue weighted by atomic mass is 9.92. The Balaban J connectivity index is 2.49. The largest absolute Gasteiger partial charge is 0.298 e. The number of aldehydes is 1. The van der Waals surface area contributed by atoms with Crippen molar-refractivity contribution < 1.29 is 4.79 Å². The molecule has 0 fully saturated rings. The van der Waals surface area contributed by atoms with Gasteiger partial charge >= 0.3 is 0 Å². The molecule has 0 amide bonds. The van der Waals surface area contributed by atoms with E-state index in [0.717, 1.165) is 23.0 Å². The lowest BCUT2D eigenvalue weighted by molar-refractivity contribution is -0.103. The first-order valence-electron chi connectivity index (χ1n) is 6.53. The van der Waals surface area contributed by atoms with Gasteiger partial charge in [-0.05, 0) is 28.7 Å². The summed E-state index contributed by atoms with van der Waals surface area (Å²) in [6, 6.07) is 18.0. The fraction of sp³-hybridized carbons (Fsp3) is 0.167. The van der Waals surface area contributed by atoms with Gasteiger partial charge in [-0.25, -0.2) is 0 Å². The molecule has 0 aliphatic carbocycles. The van der Waals surface area contributed by atoms with Gasteiger partial charge in [0.05, 0.1) is 0 Å². The zero-order valence-electron chi connectivity index (χ0n) is 11.3. The highest BCUT2D eigenvalue weighted by Gasteiger charge is 2.09. The molecule has 96 valence electrons. The van der Waals surface area contributed by atoms with Gasteiger partial charge in [0, 0.05) is 5.57 Å². The molecule has 2 aromatic rings. The highest BCUT2D eigenvalue weighted by atomic mass is 16.1. The van der Waals surface area contributed by atoms with Gasteiger partial charge in [0.15, 0.2) is 6.29 Å². The van der Waals surface area contributed by atoms with Crippen molar-refractivity contribution in [2.75, 3.05) is 0 Å². The summed E-state index contributed by atoms with van der Waals surface area (Å²) >= 11 is 0. The topological polar surface area (TPSA) is 17.1 Å². The van der Waals surface area contributed by atoms with Crippen LogP contribution in [0.25, 0.3) is 11.6 Å². The Morgan fingerprint density at radius 1 is 0.947 bits per heavy atom. The van der Waals surface area contributed by atoms with Crippen molar-refractivity contribution in [1.82, 2.24) is 0 Å². The van der Waals surface area contributed by atoms with Crippen LogP contribution in [0.15, 0.2) is 54.6 Å². The first-order chi connectivity index (χ1) is 9.22. The van der Waals surface area contributed by atoms with Crippen LogP contribution in [-0.2, 0) is 4.79 Å². The van der Waals surface area contributed by atoms with Gasteiger partial charge in [-0.2, -0.15) is 0 Å². The Labute approximate surface area is 114 Å². The predicted octanol–water partition coefficient (Wildman–Crippen LogP) is 4.55.